The van der Waals surface area contributed by atoms with Crippen LogP contribution in [0.15, 0.2) is 24.5 Å². The van der Waals surface area contributed by atoms with Gasteiger partial charge < -0.3 is 16.0 Å². The molecule has 2 heterocycles. The maximum absolute atomic E-state index is 11.6. The molecular formula is C11H16N4O. The van der Waals surface area contributed by atoms with E-state index in [4.69, 9.17) is 0 Å². The Kier molecular flexibility index (Phi) is 3.71. The summed E-state index contributed by atoms with van der Waals surface area (Å²) in [4.78, 5) is 15.5. The highest BCUT2D eigenvalue weighted by molar-refractivity contribution is 5.89. The van der Waals surface area contributed by atoms with Crippen LogP contribution in [0, 0.1) is 0 Å². The first-order valence-electron chi connectivity index (χ1n) is 5.53. The molecule has 1 aromatic rings. The number of aromatic nitrogens is 1. The number of rotatable bonds is 2. The van der Waals surface area contributed by atoms with E-state index in [0.29, 0.717) is 0 Å². The number of urea groups is 1. The summed E-state index contributed by atoms with van der Waals surface area (Å²) in [5.74, 6) is 0. The molecule has 1 aliphatic rings. The molecule has 86 valence electrons. The van der Waals surface area contributed by atoms with Gasteiger partial charge in [0.25, 0.3) is 0 Å². The number of carbonyl (C=O) groups excluding carboxylic acids is 1. The average molecular weight is 220 g/mol. The molecule has 2 rings (SSSR count). The zero-order chi connectivity index (χ0) is 11.2. The van der Waals surface area contributed by atoms with E-state index < -0.39 is 0 Å². The fourth-order valence-corrected chi connectivity index (χ4v) is 1.75. The number of nitrogens with zero attached hydrogens (tertiary/aromatic N) is 1. The number of nitrogens with one attached hydrogen (secondary N) is 3. The summed E-state index contributed by atoms with van der Waals surface area (Å²) in [6.07, 6.45) is 5.29. The molecule has 1 saturated heterocycles. The lowest BCUT2D eigenvalue weighted by Crippen LogP contribution is -2.44. The van der Waals surface area contributed by atoms with E-state index in [-0.39, 0.29) is 12.1 Å². The first kappa shape index (κ1) is 10.9. The van der Waals surface area contributed by atoms with Crippen LogP contribution in [-0.2, 0) is 0 Å². The summed E-state index contributed by atoms with van der Waals surface area (Å²) in [5.41, 5.74) is 0.765. The summed E-state index contributed by atoms with van der Waals surface area (Å²) < 4.78 is 0. The Hall–Kier alpha value is -1.62. The molecule has 0 atom stereocenters. The van der Waals surface area contributed by atoms with Gasteiger partial charge in [0.2, 0.25) is 0 Å². The van der Waals surface area contributed by atoms with E-state index in [9.17, 15) is 4.79 Å². The van der Waals surface area contributed by atoms with E-state index in [0.717, 1.165) is 31.6 Å². The highest BCUT2D eigenvalue weighted by atomic mass is 16.2. The molecule has 1 aliphatic heterocycles. The Morgan fingerprint density at radius 3 is 2.69 bits per heavy atom. The standard InChI is InChI=1S/C11H16N4O/c16-11(14-9-1-5-12-6-2-9)15-10-3-7-13-8-4-10/h1-2,5-6,10,13H,3-4,7-8H2,(H2,12,14,15,16). The summed E-state index contributed by atoms with van der Waals surface area (Å²) >= 11 is 0. The summed E-state index contributed by atoms with van der Waals surface area (Å²) in [6, 6.07) is 3.67. The number of amides is 2. The molecule has 1 fully saturated rings. The van der Waals surface area contributed by atoms with Crippen molar-refractivity contribution in [2.75, 3.05) is 18.4 Å². The van der Waals surface area contributed by atoms with Crippen LogP contribution >= 0.6 is 0 Å². The van der Waals surface area contributed by atoms with Crippen molar-refractivity contribution < 1.29 is 4.79 Å². The van der Waals surface area contributed by atoms with Gasteiger partial charge in [-0.3, -0.25) is 4.98 Å². The highest BCUT2D eigenvalue weighted by Crippen LogP contribution is 2.05. The van der Waals surface area contributed by atoms with Gasteiger partial charge in [-0.2, -0.15) is 0 Å². The molecule has 0 bridgehead atoms. The third-order valence-electron chi connectivity index (χ3n) is 2.61. The Morgan fingerprint density at radius 2 is 2.00 bits per heavy atom. The Morgan fingerprint density at radius 1 is 1.31 bits per heavy atom. The van der Waals surface area contributed by atoms with Crippen molar-refractivity contribution in [2.24, 2.45) is 0 Å². The third kappa shape index (κ3) is 3.20. The molecule has 0 saturated carbocycles. The molecule has 5 heteroatoms. The van der Waals surface area contributed by atoms with Crippen molar-refractivity contribution in [2.45, 2.75) is 18.9 Å². The molecule has 0 aromatic carbocycles. The summed E-state index contributed by atoms with van der Waals surface area (Å²) in [5, 5.41) is 8.99. The molecule has 2 amide bonds. The number of anilines is 1. The first-order chi connectivity index (χ1) is 7.84. The minimum Gasteiger partial charge on any atom is -0.335 e. The smallest absolute Gasteiger partial charge is 0.319 e. The molecule has 5 nitrogen and oxygen atoms in total. The van der Waals surface area contributed by atoms with Crippen molar-refractivity contribution in [1.82, 2.24) is 15.6 Å². The second kappa shape index (κ2) is 5.46. The van der Waals surface area contributed by atoms with Gasteiger partial charge >= 0.3 is 6.03 Å². The molecule has 1 aromatic heterocycles. The average Bonchev–Trinajstić information content (AvgIpc) is 2.31. The Balaban J connectivity index is 1.80. The maximum atomic E-state index is 11.6. The van der Waals surface area contributed by atoms with Crippen molar-refractivity contribution in [1.29, 1.82) is 0 Å². The van der Waals surface area contributed by atoms with Crippen LogP contribution in [0.25, 0.3) is 0 Å². The monoisotopic (exact) mass is 220 g/mol. The number of pyridine rings is 1. The van der Waals surface area contributed by atoms with Gasteiger partial charge in [0.05, 0.1) is 0 Å². The fraction of sp³-hybridized carbons (Fsp3) is 0.455. The van der Waals surface area contributed by atoms with Gasteiger partial charge in [-0.25, -0.2) is 4.79 Å². The van der Waals surface area contributed by atoms with Crippen LogP contribution in [-0.4, -0.2) is 30.1 Å². The zero-order valence-electron chi connectivity index (χ0n) is 9.07. The van der Waals surface area contributed by atoms with Crippen LogP contribution in [0.5, 0.6) is 0 Å². The van der Waals surface area contributed by atoms with Gasteiger partial charge in [-0.05, 0) is 38.1 Å². The largest absolute Gasteiger partial charge is 0.335 e. The predicted octanol–water partition coefficient (Wildman–Crippen LogP) is 0.955. The highest BCUT2D eigenvalue weighted by Gasteiger charge is 2.14. The summed E-state index contributed by atoms with van der Waals surface area (Å²) in [6.45, 7) is 1.94. The Bertz CT molecular complexity index is 335. The quantitative estimate of drug-likeness (QED) is 0.695. The molecule has 0 radical (unpaired) electrons. The van der Waals surface area contributed by atoms with Crippen LogP contribution in [0.1, 0.15) is 12.8 Å². The lowest BCUT2D eigenvalue weighted by Gasteiger charge is -2.23. The lowest BCUT2D eigenvalue weighted by molar-refractivity contribution is 0.245. The van der Waals surface area contributed by atoms with Gasteiger partial charge in [0.15, 0.2) is 0 Å². The van der Waals surface area contributed by atoms with Crippen LogP contribution < -0.4 is 16.0 Å². The van der Waals surface area contributed by atoms with Crippen molar-refractivity contribution >= 4 is 11.7 Å². The second-order valence-corrected chi connectivity index (χ2v) is 3.86. The summed E-state index contributed by atoms with van der Waals surface area (Å²) in [7, 11) is 0. The minimum absolute atomic E-state index is 0.141. The zero-order valence-corrected chi connectivity index (χ0v) is 9.07. The number of hydrogen-bond donors (Lipinski definition) is 3. The molecule has 0 spiro atoms. The maximum Gasteiger partial charge on any atom is 0.319 e. The minimum atomic E-state index is -0.141. The van der Waals surface area contributed by atoms with Gasteiger partial charge in [-0.1, -0.05) is 0 Å². The third-order valence-corrected chi connectivity index (χ3v) is 2.61. The molecule has 3 N–H and O–H groups in total. The van der Waals surface area contributed by atoms with E-state index >= 15 is 0 Å². The van der Waals surface area contributed by atoms with Gasteiger partial charge in [0.1, 0.15) is 0 Å². The number of piperidine rings is 1. The van der Waals surface area contributed by atoms with E-state index in [1.807, 2.05) is 0 Å². The normalized spacial score (nSPS) is 16.8. The van der Waals surface area contributed by atoms with Crippen molar-refractivity contribution in [3.05, 3.63) is 24.5 Å². The fourth-order valence-electron chi connectivity index (χ4n) is 1.75. The molecule has 16 heavy (non-hydrogen) atoms. The Labute approximate surface area is 94.6 Å². The topological polar surface area (TPSA) is 66.0 Å². The molecule has 0 unspecified atom stereocenters. The van der Waals surface area contributed by atoms with Crippen molar-refractivity contribution in [3.63, 3.8) is 0 Å². The molecule has 0 aliphatic carbocycles. The first-order valence-corrected chi connectivity index (χ1v) is 5.53. The molecular weight excluding hydrogens is 204 g/mol. The van der Waals surface area contributed by atoms with Crippen LogP contribution in [0.4, 0.5) is 10.5 Å². The van der Waals surface area contributed by atoms with E-state index in [2.05, 4.69) is 20.9 Å². The second-order valence-electron chi connectivity index (χ2n) is 3.86. The van der Waals surface area contributed by atoms with Crippen LogP contribution in [0.3, 0.4) is 0 Å². The van der Waals surface area contributed by atoms with Gasteiger partial charge in [0, 0.05) is 24.1 Å². The lowest BCUT2D eigenvalue weighted by atomic mass is 10.1. The van der Waals surface area contributed by atoms with Gasteiger partial charge in [-0.15, -0.1) is 0 Å². The predicted molar refractivity (Wildman–Crippen MR) is 62.3 cm³/mol. The number of carbonyl (C=O) groups is 1. The van der Waals surface area contributed by atoms with E-state index in [1.54, 1.807) is 24.5 Å². The van der Waals surface area contributed by atoms with Crippen molar-refractivity contribution in [3.8, 4) is 0 Å². The number of hydrogen-bond acceptors (Lipinski definition) is 3. The van der Waals surface area contributed by atoms with E-state index in [1.165, 1.54) is 0 Å². The van der Waals surface area contributed by atoms with Crippen LogP contribution in [0.2, 0.25) is 0 Å². The SMILES string of the molecule is O=C(Nc1ccncc1)NC1CCNCC1.